The van der Waals surface area contributed by atoms with Gasteiger partial charge in [0.1, 0.15) is 0 Å². The lowest BCUT2D eigenvalue weighted by atomic mass is 9.74. The molecule has 1 N–H and O–H groups in total. The van der Waals surface area contributed by atoms with E-state index in [1.54, 1.807) is 17.4 Å². The topological polar surface area (TPSA) is 49.4 Å². The normalized spacial score (nSPS) is 25.6. The molecule has 0 radical (unpaired) electrons. The first-order chi connectivity index (χ1) is 14.5. The van der Waals surface area contributed by atoms with Crippen LogP contribution in [0.2, 0.25) is 0 Å². The van der Waals surface area contributed by atoms with E-state index in [9.17, 15) is 9.59 Å². The van der Waals surface area contributed by atoms with Crippen LogP contribution in [0.15, 0.2) is 54.4 Å². The molecule has 1 aliphatic heterocycles. The van der Waals surface area contributed by atoms with Gasteiger partial charge in [0.25, 0.3) is 0 Å². The minimum Gasteiger partial charge on any atom is -0.352 e. The monoisotopic (exact) mass is 422 g/mol. The summed E-state index contributed by atoms with van der Waals surface area (Å²) < 4.78 is 0. The van der Waals surface area contributed by atoms with Crippen molar-refractivity contribution in [3.8, 4) is 10.4 Å². The third-order valence-electron chi connectivity index (χ3n) is 6.51. The molecule has 3 atom stereocenters. The summed E-state index contributed by atoms with van der Waals surface area (Å²) in [5.41, 5.74) is 1.75. The van der Waals surface area contributed by atoms with E-state index in [4.69, 9.17) is 0 Å². The maximum Gasteiger partial charge on any atom is 0.228 e. The number of hydrogen-bond acceptors (Lipinski definition) is 3. The van der Waals surface area contributed by atoms with Crippen LogP contribution in [0.1, 0.15) is 31.7 Å². The van der Waals surface area contributed by atoms with E-state index in [1.165, 1.54) is 10.4 Å². The van der Waals surface area contributed by atoms with Gasteiger partial charge in [-0.15, -0.1) is 17.9 Å². The summed E-state index contributed by atoms with van der Waals surface area (Å²) in [5, 5.41) is 5.10. The summed E-state index contributed by atoms with van der Waals surface area (Å²) in [4.78, 5) is 29.4. The Kier molecular flexibility index (Phi) is 6.09. The molecular formula is C25H30N2O2S. The van der Waals surface area contributed by atoms with Crippen LogP contribution in [-0.2, 0) is 16.0 Å². The van der Waals surface area contributed by atoms with Gasteiger partial charge in [-0.2, -0.15) is 0 Å². The van der Waals surface area contributed by atoms with E-state index >= 15 is 0 Å². The Morgan fingerprint density at radius 2 is 2.07 bits per heavy atom. The second-order valence-electron chi connectivity index (χ2n) is 8.81. The molecule has 5 heteroatoms. The molecule has 4 nitrogen and oxygen atoms in total. The summed E-state index contributed by atoms with van der Waals surface area (Å²) in [6.07, 6.45) is 4.99. The lowest BCUT2D eigenvalue weighted by molar-refractivity contribution is -0.142. The Balaban J connectivity index is 1.55. The zero-order valence-electron chi connectivity index (χ0n) is 17.6. The van der Waals surface area contributed by atoms with Crippen molar-refractivity contribution in [1.29, 1.82) is 0 Å². The fraction of sp³-hybridized carbons (Fsp3) is 0.440. The van der Waals surface area contributed by atoms with E-state index in [0.29, 0.717) is 25.4 Å². The number of nitrogens with one attached hydrogen (secondary N) is 1. The Hall–Kier alpha value is -2.40. The minimum absolute atomic E-state index is 0.0334. The lowest BCUT2D eigenvalue weighted by Crippen LogP contribution is -2.54. The fourth-order valence-corrected chi connectivity index (χ4v) is 5.34. The maximum absolute atomic E-state index is 13.3. The molecular weight excluding hydrogens is 392 g/mol. The van der Waals surface area contributed by atoms with Crippen LogP contribution < -0.4 is 5.32 Å². The standard InChI is InChI=1S/C25H30N2O2S/c1-3-12-26-24(29)25(11-5-13-27(17-25)23(28)21-15-18(21)2)16-19-7-9-20(10-8-19)22-6-4-14-30-22/h3-4,6-10,14,18,21H,1,5,11-13,15-17H2,2H3,(H,26,29). The Bertz CT molecular complexity index is 906. The predicted octanol–water partition coefficient (Wildman–Crippen LogP) is 4.52. The average molecular weight is 423 g/mol. The Labute approximate surface area is 183 Å². The van der Waals surface area contributed by atoms with Gasteiger partial charge in [-0.1, -0.05) is 43.3 Å². The van der Waals surface area contributed by atoms with Gasteiger partial charge in [0.05, 0.1) is 5.41 Å². The highest BCUT2D eigenvalue weighted by atomic mass is 32.1. The first kappa shape index (κ1) is 20.9. The zero-order chi connectivity index (χ0) is 21.1. The van der Waals surface area contributed by atoms with E-state index in [2.05, 4.69) is 60.6 Å². The second kappa shape index (κ2) is 8.76. The second-order valence-corrected chi connectivity index (χ2v) is 9.76. The average Bonchev–Trinajstić information content (AvgIpc) is 3.25. The molecule has 0 bridgehead atoms. The summed E-state index contributed by atoms with van der Waals surface area (Å²) in [7, 11) is 0. The molecule has 30 heavy (non-hydrogen) atoms. The Morgan fingerprint density at radius 1 is 1.30 bits per heavy atom. The number of rotatable bonds is 7. The summed E-state index contributed by atoms with van der Waals surface area (Å²) in [6, 6.07) is 12.7. The molecule has 158 valence electrons. The van der Waals surface area contributed by atoms with Crippen LogP contribution in [0, 0.1) is 17.3 Å². The number of likely N-dealkylation sites (tertiary alicyclic amines) is 1. The molecule has 2 aliphatic rings. The number of benzene rings is 1. The molecule has 1 aromatic heterocycles. The van der Waals surface area contributed by atoms with Crippen molar-refractivity contribution in [3.05, 3.63) is 60.0 Å². The zero-order valence-corrected chi connectivity index (χ0v) is 18.4. The first-order valence-corrected chi connectivity index (χ1v) is 11.7. The molecule has 2 fully saturated rings. The van der Waals surface area contributed by atoms with E-state index < -0.39 is 5.41 Å². The van der Waals surface area contributed by atoms with Crippen LogP contribution in [-0.4, -0.2) is 36.3 Å². The van der Waals surface area contributed by atoms with Gasteiger partial charge in [0, 0.05) is 30.4 Å². The predicted molar refractivity (Wildman–Crippen MR) is 122 cm³/mol. The number of carbonyl (C=O) groups is 2. The smallest absolute Gasteiger partial charge is 0.228 e. The van der Waals surface area contributed by atoms with Gasteiger partial charge in [-0.25, -0.2) is 0 Å². The van der Waals surface area contributed by atoms with Gasteiger partial charge in [-0.3, -0.25) is 9.59 Å². The minimum atomic E-state index is -0.584. The van der Waals surface area contributed by atoms with Crippen molar-refractivity contribution in [2.24, 2.45) is 17.3 Å². The van der Waals surface area contributed by atoms with E-state index in [0.717, 1.165) is 31.4 Å². The fourth-order valence-electron chi connectivity index (χ4n) is 4.60. The van der Waals surface area contributed by atoms with Crippen LogP contribution in [0.4, 0.5) is 0 Å². The highest BCUT2D eigenvalue weighted by Crippen LogP contribution is 2.42. The molecule has 4 rings (SSSR count). The molecule has 1 saturated heterocycles. The van der Waals surface area contributed by atoms with Crippen molar-refractivity contribution in [2.75, 3.05) is 19.6 Å². The Morgan fingerprint density at radius 3 is 2.70 bits per heavy atom. The van der Waals surface area contributed by atoms with E-state index in [1.807, 2.05) is 4.90 Å². The number of thiophene rings is 1. The van der Waals surface area contributed by atoms with Crippen molar-refractivity contribution >= 4 is 23.2 Å². The summed E-state index contributed by atoms with van der Waals surface area (Å²) in [6.45, 7) is 7.57. The highest BCUT2D eigenvalue weighted by molar-refractivity contribution is 7.13. The van der Waals surface area contributed by atoms with Crippen molar-refractivity contribution in [3.63, 3.8) is 0 Å². The van der Waals surface area contributed by atoms with Gasteiger partial charge in [0.15, 0.2) is 0 Å². The van der Waals surface area contributed by atoms with Crippen molar-refractivity contribution in [1.82, 2.24) is 10.2 Å². The largest absolute Gasteiger partial charge is 0.352 e. The van der Waals surface area contributed by atoms with Gasteiger partial charge in [0.2, 0.25) is 11.8 Å². The molecule has 2 amide bonds. The number of hydrogen-bond donors (Lipinski definition) is 1. The lowest BCUT2D eigenvalue weighted by Gasteiger charge is -2.42. The molecule has 1 aliphatic carbocycles. The summed E-state index contributed by atoms with van der Waals surface area (Å²) in [5.74, 6) is 0.901. The third-order valence-corrected chi connectivity index (χ3v) is 7.42. The molecule has 3 unspecified atom stereocenters. The van der Waals surface area contributed by atoms with E-state index in [-0.39, 0.29) is 17.7 Å². The maximum atomic E-state index is 13.3. The van der Waals surface area contributed by atoms with Crippen LogP contribution >= 0.6 is 11.3 Å². The van der Waals surface area contributed by atoms with Crippen molar-refractivity contribution in [2.45, 2.75) is 32.6 Å². The number of amides is 2. The molecule has 0 spiro atoms. The number of carbonyl (C=O) groups excluding carboxylic acids is 2. The molecule has 2 heterocycles. The first-order valence-electron chi connectivity index (χ1n) is 10.8. The van der Waals surface area contributed by atoms with Gasteiger partial charge >= 0.3 is 0 Å². The van der Waals surface area contributed by atoms with Crippen LogP contribution in [0.5, 0.6) is 0 Å². The summed E-state index contributed by atoms with van der Waals surface area (Å²) >= 11 is 1.73. The molecule has 1 saturated carbocycles. The highest BCUT2D eigenvalue weighted by Gasteiger charge is 2.47. The SMILES string of the molecule is C=CCNC(=O)C1(Cc2ccc(-c3cccs3)cc2)CCCN(C(=O)C2CC2C)C1. The van der Waals surface area contributed by atoms with Crippen LogP contribution in [0.3, 0.4) is 0 Å². The molecule has 1 aromatic carbocycles. The third kappa shape index (κ3) is 4.36. The van der Waals surface area contributed by atoms with Crippen molar-refractivity contribution < 1.29 is 9.59 Å². The quantitative estimate of drug-likeness (QED) is 0.667. The van der Waals surface area contributed by atoms with Gasteiger partial charge < -0.3 is 10.2 Å². The van der Waals surface area contributed by atoms with Gasteiger partial charge in [-0.05, 0) is 54.2 Å². The number of nitrogens with zero attached hydrogens (tertiary/aromatic N) is 1. The van der Waals surface area contributed by atoms with Crippen LogP contribution in [0.25, 0.3) is 10.4 Å². The number of piperidine rings is 1. The molecule has 2 aromatic rings.